The summed E-state index contributed by atoms with van der Waals surface area (Å²) in [6, 6.07) is 11.3. The molecular weight excluding hydrogens is 368 g/mol. The molecule has 0 saturated heterocycles. The van der Waals surface area contributed by atoms with Gasteiger partial charge in [0.25, 0.3) is 11.4 Å². The van der Waals surface area contributed by atoms with E-state index >= 15 is 0 Å². The summed E-state index contributed by atoms with van der Waals surface area (Å²) in [5, 5.41) is 7.02. The number of carbonyl (C=O) groups excluding carboxylic acids is 1. The lowest BCUT2D eigenvalue weighted by Crippen LogP contribution is -2.39. The molecule has 0 atom stereocenters. The van der Waals surface area contributed by atoms with Crippen molar-refractivity contribution in [3.63, 3.8) is 0 Å². The molecule has 1 aromatic carbocycles. The lowest BCUT2D eigenvalue weighted by molar-refractivity contribution is -0.122. The van der Waals surface area contributed by atoms with Gasteiger partial charge in [0.05, 0.1) is 0 Å². The topological polar surface area (TPSA) is 90.0 Å². The minimum Gasteiger partial charge on any atom is -0.352 e. The van der Waals surface area contributed by atoms with Crippen molar-refractivity contribution in [3.8, 4) is 22.8 Å². The Balaban J connectivity index is 1.51. The summed E-state index contributed by atoms with van der Waals surface area (Å²) in [5.74, 6) is 0.416. The highest BCUT2D eigenvalue weighted by atomic mass is 16.5. The first kappa shape index (κ1) is 19.1. The number of aromatic nitrogens is 3. The molecule has 2 heterocycles. The van der Waals surface area contributed by atoms with Crippen molar-refractivity contribution < 1.29 is 9.32 Å². The number of nitrogens with zero attached hydrogens (tertiary/aromatic N) is 3. The Bertz CT molecular complexity index is 1050. The maximum Gasteiger partial charge on any atom is 0.263 e. The van der Waals surface area contributed by atoms with Crippen LogP contribution in [0, 0.1) is 6.92 Å². The quantitative estimate of drug-likeness (QED) is 0.719. The first-order chi connectivity index (χ1) is 14.1. The molecule has 3 aromatic rings. The molecule has 0 bridgehead atoms. The van der Waals surface area contributed by atoms with Crippen LogP contribution < -0.4 is 10.9 Å². The van der Waals surface area contributed by atoms with Crippen LogP contribution in [-0.2, 0) is 11.3 Å². The zero-order valence-electron chi connectivity index (χ0n) is 16.4. The monoisotopic (exact) mass is 392 g/mol. The summed E-state index contributed by atoms with van der Waals surface area (Å²) in [4.78, 5) is 29.6. The number of rotatable bonds is 5. The molecule has 0 aliphatic heterocycles. The molecule has 4 rings (SSSR count). The number of hydrogen-bond acceptors (Lipinski definition) is 5. The molecule has 1 saturated carbocycles. The van der Waals surface area contributed by atoms with Gasteiger partial charge in [0.2, 0.25) is 11.7 Å². The van der Waals surface area contributed by atoms with Crippen molar-refractivity contribution in [1.29, 1.82) is 0 Å². The maximum absolute atomic E-state index is 12.8. The third-order valence-electron chi connectivity index (χ3n) is 5.27. The van der Waals surface area contributed by atoms with E-state index in [9.17, 15) is 9.59 Å². The van der Waals surface area contributed by atoms with Crippen LogP contribution in [0.3, 0.4) is 0 Å². The van der Waals surface area contributed by atoms with Crippen LogP contribution >= 0.6 is 0 Å². The van der Waals surface area contributed by atoms with Crippen LogP contribution in [0.25, 0.3) is 22.8 Å². The Morgan fingerprint density at radius 3 is 2.69 bits per heavy atom. The van der Waals surface area contributed by atoms with E-state index in [1.54, 1.807) is 18.3 Å². The smallest absolute Gasteiger partial charge is 0.263 e. The number of nitrogens with one attached hydrogen (secondary N) is 1. The van der Waals surface area contributed by atoms with Crippen LogP contribution in [0.1, 0.15) is 37.7 Å². The fourth-order valence-corrected chi connectivity index (χ4v) is 3.65. The van der Waals surface area contributed by atoms with Crippen molar-refractivity contribution in [2.45, 2.75) is 51.6 Å². The van der Waals surface area contributed by atoms with E-state index < -0.39 is 0 Å². The average Bonchev–Trinajstić information content (AvgIpc) is 3.21. The molecule has 1 aliphatic rings. The minimum absolute atomic E-state index is 0.0257. The molecule has 2 aromatic heterocycles. The number of amides is 1. The molecule has 0 radical (unpaired) electrons. The molecule has 7 nitrogen and oxygen atoms in total. The predicted octanol–water partition coefficient (Wildman–Crippen LogP) is 3.32. The molecule has 1 N–H and O–H groups in total. The first-order valence-electron chi connectivity index (χ1n) is 10.00. The Hall–Kier alpha value is -3.22. The summed E-state index contributed by atoms with van der Waals surface area (Å²) in [7, 11) is 0. The zero-order valence-corrected chi connectivity index (χ0v) is 16.4. The third kappa shape index (κ3) is 4.45. The van der Waals surface area contributed by atoms with Crippen LogP contribution in [0.15, 0.2) is 51.9 Å². The van der Waals surface area contributed by atoms with Crippen LogP contribution in [0.4, 0.5) is 0 Å². The van der Waals surface area contributed by atoms with Crippen molar-refractivity contribution in [3.05, 3.63) is 58.5 Å². The number of aryl methyl sites for hydroxylation is 1. The summed E-state index contributed by atoms with van der Waals surface area (Å²) < 4.78 is 6.70. The molecule has 150 valence electrons. The minimum atomic E-state index is -0.328. The molecule has 1 aliphatic carbocycles. The van der Waals surface area contributed by atoms with E-state index in [1.807, 2.05) is 31.2 Å². The lowest BCUT2D eigenvalue weighted by Gasteiger charge is -2.22. The van der Waals surface area contributed by atoms with Gasteiger partial charge >= 0.3 is 0 Å². The van der Waals surface area contributed by atoms with Gasteiger partial charge in [0.1, 0.15) is 12.1 Å². The Kier molecular flexibility index (Phi) is 5.55. The zero-order chi connectivity index (χ0) is 20.2. The summed E-state index contributed by atoms with van der Waals surface area (Å²) in [6.45, 7) is 1.98. The van der Waals surface area contributed by atoms with E-state index in [4.69, 9.17) is 4.52 Å². The van der Waals surface area contributed by atoms with Crippen LogP contribution in [-0.4, -0.2) is 26.7 Å². The van der Waals surface area contributed by atoms with Gasteiger partial charge in [-0.1, -0.05) is 54.2 Å². The normalized spacial score (nSPS) is 14.7. The van der Waals surface area contributed by atoms with E-state index in [2.05, 4.69) is 15.5 Å². The van der Waals surface area contributed by atoms with Gasteiger partial charge in [0.15, 0.2) is 0 Å². The van der Waals surface area contributed by atoms with Gasteiger partial charge in [0, 0.05) is 17.8 Å². The summed E-state index contributed by atoms with van der Waals surface area (Å²) >= 11 is 0. The third-order valence-corrected chi connectivity index (χ3v) is 5.27. The lowest BCUT2D eigenvalue weighted by atomic mass is 9.95. The highest BCUT2D eigenvalue weighted by Crippen LogP contribution is 2.20. The highest BCUT2D eigenvalue weighted by Gasteiger charge is 2.18. The van der Waals surface area contributed by atoms with E-state index in [0.29, 0.717) is 5.82 Å². The molecule has 7 heteroatoms. The van der Waals surface area contributed by atoms with E-state index in [1.165, 1.54) is 11.0 Å². The summed E-state index contributed by atoms with van der Waals surface area (Å²) in [5.41, 5.74) is 1.90. The molecule has 29 heavy (non-hydrogen) atoms. The average molecular weight is 392 g/mol. The number of pyridine rings is 1. The molecular formula is C22H24N4O3. The standard InChI is InChI=1S/C22H24N4O3/c1-15-9-11-16(12-10-15)20-24-21(29-25-20)18-8-5-13-26(22(18)28)14-19(27)23-17-6-3-2-4-7-17/h5,8-13,17H,2-4,6-7,14H2,1H3,(H,23,27). The number of carbonyl (C=O) groups is 1. The number of benzene rings is 1. The molecule has 1 fully saturated rings. The van der Waals surface area contributed by atoms with Gasteiger partial charge in [-0.25, -0.2) is 0 Å². The Morgan fingerprint density at radius 1 is 1.17 bits per heavy atom. The predicted molar refractivity (Wildman–Crippen MR) is 109 cm³/mol. The van der Waals surface area contributed by atoms with Crippen molar-refractivity contribution >= 4 is 5.91 Å². The highest BCUT2D eigenvalue weighted by molar-refractivity contribution is 5.76. The van der Waals surface area contributed by atoms with Crippen LogP contribution in [0.2, 0.25) is 0 Å². The summed E-state index contributed by atoms with van der Waals surface area (Å²) in [6.07, 6.45) is 7.11. The van der Waals surface area contributed by atoms with Crippen molar-refractivity contribution in [2.75, 3.05) is 0 Å². The van der Waals surface area contributed by atoms with E-state index in [0.717, 1.165) is 36.8 Å². The Morgan fingerprint density at radius 2 is 1.93 bits per heavy atom. The van der Waals surface area contributed by atoms with Crippen molar-refractivity contribution in [2.24, 2.45) is 0 Å². The van der Waals surface area contributed by atoms with E-state index in [-0.39, 0.29) is 35.5 Å². The SMILES string of the molecule is Cc1ccc(-c2noc(-c3cccn(CC(=O)NC4CCCCC4)c3=O)n2)cc1. The Labute approximate surface area is 168 Å². The van der Waals surface area contributed by atoms with Crippen molar-refractivity contribution in [1.82, 2.24) is 20.0 Å². The van der Waals surface area contributed by atoms with Crippen LogP contribution in [0.5, 0.6) is 0 Å². The second-order valence-electron chi connectivity index (χ2n) is 7.55. The molecule has 0 unspecified atom stereocenters. The second kappa shape index (κ2) is 8.43. The van der Waals surface area contributed by atoms with Gasteiger partial charge in [-0.2, -0.15) is 4.98 Å². The van der Waals surface area contributed by atoms with Gasteiger partial charge in [-0.15, -0.1) is 0 Å². The first-order valence-corrected chi connectivity index (χ1v) is 10.00. The fourth-order valence-electron chi connectivity index (χ4n) is 3.65. The van der Waals surface area contributed by atoms with Gasteiger partial charge in [-0.05, 0) is 31.9 Å². The van der Waals surface area contributed by atoms with Gasteiger partial charge in [-0.3, -0.25) is 9.59 Å². The molecule has 0 spiro atoms. The maximum atomic E-state index is 12.8. The second-order valence-corrected chi connectivity index (χ2v) is 7.55. The fraction of sp³-hybridized carbons (Fsp3) is 0.364. The number of hydrogen-bond donors (Lipinski definition) is 1. The largest absolute Gasteiger partial charge is 0.352 e. The van der Waals surface area contributed by atoms with Gasteiger partial charge < -0.3 is 14.4 Å². The molecule has 1 amide bonds.